The molecule has 1 N–H and O–H groups in total. The predicted octanol–water partition coefficient (Wildman–Crippen LogP) is 5.11. The van der Waals surface area contributed by atoms with Crippen molar-refractivity contribution in [2.75, 3.05) is 0 Å². The van der Waals surface area contributed by atoms with Crippen LogP contribution in [0.25, 0.3) is 11.1 Å². The number of hydrogen-bond acceptors (Lipinski definition) is 0. The van der Waals surface area contributed by atoms with Crippen LogP contribution in [0.5, 0.6) is 0 Å². The molecule has 0 spiro atoms. The van der Waals surface area contributed by atoms with E-state index >= 15 is 0 Å². The van der Waals surface area contributed by atoms with E-state index in [0.717, 1.165) is 0 Å². The van der Waals surface area contributed by atoms with Gasteiger partial charge in [-0.1, -0.05) is 29.9 Å². The van der Waals surface area contributed by atoms with Crippen LogP contribution < -0.4 is 0 Å². The van der Waals surface area contributed by atoms with Crippen LogP contribution in [0.2, 0.25) is 0 Å². The highest BCUT2D eigenvalue weighted by Crippen LogP contribution is 2.46. The number of aromatic nitrogens is 1. The van der Waals surface area contributed by atoms with E-state index in [0.29, 0.717) is 0 Å². The molecule has 0 unspecified atom stereocenters. The molecule has 1 aromatic rings. The Bertz CT molecular complexity index is 749. The molecule has 0 atom stereocenters. The Morgan fingerprint density at radius 3 is 2.52 bits per heavy atom. The minimum Gasteiger partial charge on any atom is -0.361 e. The number of hydrogen-bond donors (Lipinski definition) is 1. The molecule has 1 aromatic heterocycles. The van der Waals surface area contributed by atoms with Gasteiger partial charge in [-0.2, -0.15) is 0 Å². The summed E-state index contributed by atoms with van der Waals surface area (Å²) in [6.45, 7) is 0. The van der Waals surface area contributed by atoms with E-state index in [4.69, 9.17) is 0 Å². The van der Waals surface area contributed by atoms with Gasteiger partial charge in [0.2, 0.25) is 0 Å². The van der Waals surface area contributed by atoms with Crippen molar-refractivity contribution in [2.45, 2.75) is 51.4 Å². The zero-order valence-electron chi connectivity index (χ0n) is 12.5. The molecule has 106 valence electrons. The molecule has 0 amide bonds. The molecular weight excluding hydrogens is 254 g/mol. The summed E-state index contributed by atoms with van der Waals surface area (Å²) in [7, 11) is 0. The summed E-state index contributed by atoms with van der Waals surface area (Å²) >= 11 is 0. The molecule has 1 nitrogen and oxygen atoms in total. The Kier molecular flexibility index (Phi) is 2.46. The van der Waals surface area contributed by atoms with Crippen molar-refractivity contribution in [2.24, 2.45) is 0 Å². The summed E-state index contributed by atoms with van der Waals surface area (Å²) in [5.41, 5.74) is 12.7. The highest BCUT2D eigenvalue weighted by Gasteiger charge is 2.30. The van der Waals surface area contributed by atoms with Gasteiger partial charge in [-0.3, -0.25) is 0 Å². The van der Waals surface area contributed by atoms with E-state index in [1.165, 1.54) is 62.8 Å². The summed E-state index contributed by atoms with van der Waals surface area (Å²) in [5, 5.41) is 0. The normalized spacial score (nSPS) is 22.9. The standard InChI is InChI=1S/C20H21N/c1-3-7-15-13(5-1)9-11-17-19(15)20-16-8-4-2-6-14(16)10-12-18(20)21-17/h1,4-5,8,21H,2-3,6-7,9-12H2. The Balaban J connectivity index is 1.78. The van der Waals surface area contributed by atoms with Gasteiger partial charge in [-0.15, -0.1) is 0 Å². The smallest absolute Gasteiger partial charge is 0.0238 e. The van der Waals surface area contributed by atoms with Crippen LogP contribution in [0, 0.1) is 0 Å². The molecule has 0 aliphatic heterocycles. The third kappa shape index (κ3) is 1.64. The number of allylic oxidation sites excluding steroid dienone is 8. The largest absolute Gasteiger partial charge is 0.361 e. The topological polar surface area (TPSA) is 15.8 Å². The van der Waals surface area contributed by atoms with Crippen LogP contribution in [-0.4, -0.2) is 4.98 Å². The zero-order chi connectivity index (χ0) is 13.8. The molecule has 5 rings (SSSR count). The lowest BCUT2D eigenvalue weighted by Gasteiger charge is -2.26. The van der Waals surface area contributed by atoms with E-state index in [1.54, 1.807) is 33.4 Å². The second-order valence-corrected chi connectivity index (χ2v) is 6.74. The van der Waals surface area contributed by atoms with Crippen molar-refractivity contribution in [3.05, 3.63) is 58.0 Å². The van der Waals surface area contributed by atoms with Gasteiger partial charge >= 0.3 is 0 Å². The van der Waals surface area contributed by atoms with Crippen LogP contribution >= 0.6 is 0 Å². The van der Waals surface area contributed by atoms with E-state index < -0.39 is 0 Å². The Morgan fingerprint density at radius 2 is 1.52 bits per heavy atom. The first-order chi connectivity index (χ1) is 10.4. The van der Waals surface area contributed by atoms with E-state index in [9.17, 15) is 0 Å². The molecular formula is C20H21N. The molecule has 21 heavy (non-hydrogen) atoms. The molecule has 0 aromatic carbocycles. The van der Waals surface area contributed by atoms with Crippen LogP contribution in [0.15, 0.2) is 35.5 Å². The lowest BCUT2D eigenvalue weighted by atomic mass is 9.77. The molecule has 0 bridgehead atoms. The van der Waals surface area contributed by atoms with Gasteiger partial charge in [0.05, 0.1) is 0 Å². The first-order valence-corrected chi connectivity index (χ1v) is 8.43. The number of aromatic amines is 1. The van der Waals surface area contributed by atoms with Gasteiger partial charge in [0, 0.05) is 22.5 Å². The Hall–Kier alpha value is -1.76. The summed E-state index contributed by atoms with van der Waals surface area (Å²) in [4.78, 5) is 3.79. The highest BCUT2D eigenvalue weighted by atomic mass is 14.8. The van der Waals surface area contributed by atoms with Crippen LogP contribution in [0.1, 0.15) is 61.0 Å². The molecule has 1 heterocycles. The Labute approximate surface area is 126 Å². The minimum absolute atomic E-state index is 1.19. The maximum atomic E-state index is 3.79. The van der Waals surface area contributed by atoms with Gasteiger partial charge in [0.1, 0.15) is 0 Å². The van der Waals surface area contributed by atoms with Crippen LogP contribution in [0.4, 0.5) is 0 Å². The zero-order valence-corrected chi connectivity index (χ0v) is 12.5. The second-order valence-electron chi connectivity index (χ2n) is 6.74. The van der Waals surface area contributed by atoms with Gasteiger partial charge in [0.15, 0.2) is 0 Å². The molecule has 0 radical (unpaired) electrons. The number of aryl methyl sites for hydroxylation is 2. The summed E-state index contributed by atoms with van der Waals surface area (Å²) in [5.74, 6) is 0. The summed E-state index contributed by atoms with van der Waals surface area (Å²) in [6.07, 6.45) is 19.3. The van der Waals surface area contributed by atoms with Gasteiger partial charge in [-0.05, 0) is 68.1 Å². The van der Waals surface area contributed by atoms with Crippen LogP contribution in [0.3, 0.4) is 0 Å². The number of nitrogens with one attached hydrogen (secondary N) is 1. The fraction of sp³-hybridized carbons (Fsp3) is 0.400. The van der Waals surface area contributed by atoms with Crippen molar-refractivity contribution < 1.29 is 0 Å². The van der Waals surface area contributed by atoms with E-state index in [1.807, 2.05) is 0 Å². The quantitative estimate of drug-likeness (QED) is 0.677. The number of rotatable bonds is 0. The van der Waals surface area contributed by atoms with Crippen molar-refractivity contribution >= 4 is 11.1 Å². The van der Waals surface area contributed by atoms with Crippen molar-refractivity contribution in [3.8, 4) is 0 Å². The molecule has 1 heteroatoms. The maximum absolute atomic E-state index is 3.79. The van der Waals surface area contributed by atoms with Gasteiger partial charge < -0.3 is 4.98 Å². The molecule has 4 aliphatic rings. The molecule has 0 saturated carbocycles. The van der Waals surface area contributed by atoms with Crippen molar-refractivity contribution in [1.29, 1.82) is 0 Å². The fourth-order valence-corrected chi connectivity index (χ4v) is 4.61. The first kappa shape index (κ1) is 11.9. The van der Waals surface area contributed by atoms with Gasteiger partial charge in [-0.25, -0.2) is 0 Å². The lowest BCUT2D eigenvalue weighted by Crippen LogP contribution is -2.09. The monoisotopic (exact) mass is 275 g/mol. The average molecular weight is 275 g/mol. The van der Waals surface area contributed by atoms with E-state index in [2.05, 4.69) is 29.3 Å². The minimum atomic E-state index is 1.19. The first-order valence-electron chi connectivity index (χ1n) is 8.43. The fourth-order valence-electron chi connectivity index (χ4n) is 4.61. The number of fused-ring (bicyclic) bond motifs is 5. The predicted molar refractivity (Wildman–Crippen MR) is 88.0 cm³/mol. The molecule has 4 aliphatic carbocycles. The lowest BCUT2D eigenvalue weighted by molar-refractivity contribution is 0.808. The Morgan fingerprint density at radius 1 is 0.714 bits per heavy atom. The van der Waals surface area contributed by atoms with Crippen LogP contribution in [-0.2, 0) is 12.8 Å². The summed E-state index contributed by atoms with van der Waals surface area (Å²) < 4.78 is 0. The SMILES string of the molecule is C1=CC2=C(CC1)CCc1[nH]c3c(c12)C1=C(C=CCC1)CC3. The average Bonchev–Trinajstić information content (AvgIpc) is 2.94. The van der Waals surface area contributed by atoms with Gasteiger partial charge in [0.25, 0.3) is 0 Å². The molecule has 0 fully saturated rings. The number of H-pyrrole nitrogens is 1. The summed E-state index contributed by atoms with van der Waals surface area (Å²) in [6, 6.07) is 0. The van der Waals surface area contributed by atoms with Crippen molar-refractivity contribution in [3.63, 3.8) is 0 Å². The third-order valence-corrected chi connectivity index (χ3v) is 5.59. The molecule has 0 saturated heterocycles. The van der Waals surface area contributed by atoms with Crippen molar-refractivity contribution in [1.82, 2.24) is 4.98 Å². The van der Waals surface area contributed by atoms with E-state index in [-0.39, 0.29) is 0 Å². The maximum Gasteiger partial charge on any atom is 0.0238 e. The second kappa shape index (κ2) is 4.37. The highest BCUT2D eigenvalue weighted by molar-refractivity contribution is 5.91. The third-order valence-electron chi connectivity index (χ3n) is 5.59.